The summed E-state index contributed by atoms with van der Waals surface area (Å²) in [6.07, 6.45) is 2.02. The molecule has 0 unspecified atom stereocenters. The molecular weight excluding hydrogens is 354 g/mol. The minimum Gasteiger partial charge on any atom is -0.497 e. The summed E-state index contributed by atoms with van der Waals surface area (Å²) in [5.74, 6) is 1.72. The Morgan fingerprint density at radius 2 is 1.93 bits per heavy atom. The Balaban J connectivity index is 1.46. The van der Waals surface area contributed by atoms with Crippen LogP contribution >= 0.6 is 0 Å². The normalized spacial score (nSPS) is 16.0. The van der Waals surface area contributed by atoms with Crippen molar-refractivity contribution in [2.75, 3.05) is 26.9 Å². The predicted octanol–water partition coefficient (Wildman–Crippen LogP) is 2.98. The molecule has 1 amide bonds. The van der Waals surface area contributed by atoms with Gasteiger partial charge < -0.3 is 19.8 Å². The number of para-hydroxylation sites is 2. The standard InChI is InChI=1S/C22H25N3O3/c1-27-17-8-6-16(7-9-17)22(11-14-28-15-12-22)21(26)23-13-10-20-24-18-4-2-3-5-19(18)25-20/h2-9H,10-15H2,1H3,(H,23,26)(H,24,25). The first-order valence-corrected chi connectivity index (χ1v) is 9.65. The van der Waals surface area contributed by atoms with E-state index < -0.39 is 5.41 Å². The van der Waals surface area contributed by atoms with Gasteiger partial charge in [-0.3, -0.25) is 4.79 Å². The van der Waals surface area contributed by atoms with Gasteiger partial charge in [-0.05, 0) is 42.7 Å². The van der Waals surface area contributed by atoms with Crippen LogP contribution in [-0.4, -0.2) is 42.7 Å². The van der Waals surface area contributed by atoms with Crippen LogP contribution < -0.4 is 10.1 Å². The highest BCUT2D eigenvalue weighted by Crippen LogP contribution is 2.36. The molecule has 28 heavy (non-hydrogen) atoms. The highest BCUT2D eigenvalue weighted by Gasteiger charge is 2.41. The maximum atomic E-state index is 13.2. The quantitative estimate of drug-likeness (QED) is 0.690. The molecule has 0 saturated carbocycles. The monoisotopic (exact) mass is 379 g/mol. The van der Waals surface area contributed by atoms with Crippen molar-refractivity contribution in [2.45, 2.75) is 24.7 Å². The topological polar surface area (TPSA) is 76.2 Å². The van der Waals surface area contributed by atoms with Gasteiger partial charge in [0.15, 0.2) is 0 Å². The number of ether oxygens (including phenoxy) is 2. The van der Waals surface area contributed by atoms with Crippen LogP contribution in [-0.2, 0) is 21.4 Å². The number of aromatic nitrogens is 2. The molecule has 1 aliphatic heterocycles. The van der Waals surface area contributed by atoms with E-state index in [0.29, 0.717) is 39.0 Å². The highest BCUT2D eigenvalue weighted by molar-refractivity contribution is 5.88. The number of nitrogens with zero attached hydrogens (tertiary/aromatic N) is 1. The Morgan fingerprint density at radius 3 is 2.64 bits per heavy atom. The fourth-order valence-electron chi connectivity index (χ4n) is 3.86. The summed E-state index contributed by atoms with van der Waals surface area (Å²) < 4.78 is 10.8. The number of H-pyrrole nitrogens is 1. The Kier molecular flexibility index (Phi) is 5.30. The Morgan fingerprint density at radius 1 is 1.18 bits per heavy atom. The minimum atomic E-state index is -0.557. The van der Waals surface area contributed by atoms with Gasteiger partial charge in [0.1, 0.15) is 11.6 Å². The molecule has 0 atom stereocenters. The molecule has 0 aliphatic carbocycles. The number of nitrogens with one attached hydrogen (secondary N) is 2. The Labute approximate surface area is 164 Å². The van der Waals surface area contributed by atoms with Crippen LogP contribution in [0.3, 0.4) is 0 Å². The van der Waals surface area contributed by atoms with Gasteiger partial charge in [0.25, 0.3) is 0 Å². The van der Waals surface area contributed by atoms with Crippen LogP contribution in [0.2, 0.25) is 0 Å². The van der Waals surface area contributed by atoms with Crippen LogP contribution in [0.4, 0.5) is 0 Å². The van der Waals surface area contributed by atoms with Crippen molar-refractivity contribution in [3.8, 4) is 5.75 Å². The van der Waals surface area contributed by atoms with Crippen LogP contribution in [0.25, 0.3) is 11.0 Å². The van der Waals surface area contributed by atoms with Crippen molar-refractivity contribution in [1.29, 1.82) is 0 Å². The van der Waals surface area contributed by atoms with Gasteiger partial charge in [-0.25, -0.2) is 4.98 Å². The SMILES string of the molecule is COc1ccc(C2(C(=O)NCCc3nc4ccccc4[nH]3)CCOCC2)cc1. The third-order valence-electron chi connectivity index (χ3n) is 5.51. The molecular formula is C22H25N3O3. The van der Waals surface area contributed by atoms with Crippen molar-refractivity contribution < 1.29 is 14.3 Å². The number of carbonyl (C=O) groups is 1. The summed E-state index contributed by atoms with van der Waals surface area (Å²) in [4.78, 5) is 21.1. The molecule has 6 nitrogen and oxygen atoms in total. The summed E-state index contributed by atoms with van der Waals surface area (Å²) in [5, 5.41) is 3.13. The maximum Gasteiger partial charge on any atom is 0.230 e. The summed E-state index contributed by atoms with van der Waals surface area (Å²) in [5.41, 5.74) is 2.42. The second kappa shape index (κ2) is 8.02. The van der Waals surface area contributed by atoms with Gasteiger partial charge >= 0.3 is 0 Å². The average Bonchev–Trinajstić information content (AvgIpc) is 3.17. The van der Waals surface area contributed by atoms with Gasteiger partial charge in [-0.2, -0.15) is 0 Å². The van der Waals surface area contributed by atoms with Crippen molar-refractivity contribution in [1.82, 2.24) is 15.3 Å². The zero-order valence-corrected chi connectivity index (χ0v) is 16.0. The first-order chi connectivity index (χ1) is 13.7. The van der Waals surface area contributed by atoms with Gasteiger partial charge in [0.05, 0.1) is 23.6 Å². The van der Waals surface area contributed by atoms with E-state index in [9.17, 15) is 4.79 Å². The number of aromatic amines is 1. The molecule has 1 aliphatic rings. The molecule has 0 radical (unpaired) electrons. The molecule has 0 bridgehead atoms. The largest absolute Gasteiger partial charge is 0.497 e. The second-order valence-corrected chi connectivity index (χ2v) is 7.13. The third kappa shape index (κ3) is 3.60. The molecule has 1 aromatic heterocycles. The number of hydrogen-bond acceptors (Lipinski definition) is 4. The number of fused-ring (bicyclic) bond motifs is 1. The summed E-state index contributed by atoms with van der Waals surface area (Å²) in [6, 6.07) is 15.7. The lowest BCUT2D eigenvalue weighted by Gasteiger charge is -2.36. The zero-order valence-electron chi connectivity index (χ0n) is 16.0. The molecule has 6 heteroatoms. The highest BCUT2D eigenvalue weighted by atomic mass is 16.5. The predicted molar refractivity (Wildman–Crippen MR) is 108 cm³/mol. The lowest BCUT2D eigenvalue weighted by molar-refractivity contribution is -0.130. The van der Waals surface area contributed by atoms with Crippen molar-refractivity contribution >= 4 is 16.9 Å². The molecule has 146 valence electrons. The minimum absolute atomic E-state index is 0.0528. The lowest BCUT2D eigenvalue weighted by atomic mass is 9.73. The van der Waals surface area contributed by atoms with Crippen LogP contribution in [0, 0.1) is 0 Å². The number of methoxy groups -OCH3 is 1. The van der Waals surface area contributed by atoms with Crippen molar-refractivity contribution in [2.24, 2.45) is 0 Å². The van der Waals surface area contributed by atoms with Crippen molar-refractivity contribution in [3.63, 3.8) is 0 Å². The fraction of sp³-hybridized carbons (Fsp3) is 0.364. The molecule has 4 rings (SSSR count). The van der Waals surface area contributed by atoms with Crippen LogP contribution in [0.5, 0.6) is 5.75 Å². The van der Waals surface area contributed by atoms with E-state index in [0.717, 1.165) is 28.2 Å². The molecule has 1 fully saturated rings. The summed E-state index contributed by atoms with van der Waals surface area (Å²) >= 11 is 0. The van der Waals surface area contributed by atoms with E-state index >= 15 is 0 Å². The van der Waals surface area contributed by atoms with E-state index in [1.54, 1.807) is 7.11 Å². The smallest absolute Gasteiger partial charge is 0.230 e. The van der Waals surface area contributed by atoms with E-state index in [4.69, 9.17) is 9.47 Å². The lowest BCUT2D eigenvalue weighted by Crippen LogP contribution is -2.48. The summed E-state index contributed by atoms with van der Waals surface area (Å²) in [6.45, 7) is 1.71. The first kappa shape index (κ1) is 18.5. The number of benzene rings is 2. The Hall–Kier alpha value is -2.86. The van der Waals surface area contributed by atoms with Gasteiger partial charge in [-0.1, -0.05) is 24.3 Å². The molecule has 2 N–H and O–H groups in total. The number of amides is 1. The third-order valence-corrected chi connectivity index (χ3v) is 5.51. The number of carbonyl (C=O) groups excluding carboxylic acids is 1. The number of rotatable bonds is 6. The van der Waals surface area contributed by atoms with Crippen LogP contribution in [0.15, 0.2) is 48.5 Å². The number of imidazole rings is 1. The van der Waals surface area contributed by atoms with E-state index in [2.05, 4.69) is 15.3 Å². The van der Waals surface area contributed by atoms with Gasteiger partial charge in [-0.15, -0.1) is 0 Å². The second-order valence-electron chi connectivity index (χ2n) is 7.13. The van der Waals surface area contributed by atoms with Crippen LogP contribution in [0.1, 0.15) is 24.2 Å². The van der Waals surface area contributed by atoms with Gasteiger partial charge in [0.2, 0.25) is 5.91 Å². The van der Waals surface area contributed by atoms with E-state index in [1.165, 1.54) is 0 Å². The Bertz CT molecular complexity index is 910. The molecule has 1 saturated heterocycles. The summed E-state index contributed by atoms with van der Waals surface area (Å²) in [7, 11) is 1.64. The van der Waals surface area contributed by atoms with E-state index in [-0.39, 0.29) is 5.91 Å². The average molecular weight is 379 g/mol. The molecule has 2 aromatic carbocycles. The fourth-order valence-corrected chi connectivity index (χ4v) is 3.86. The molecule has 2 heterocycles. The van der Waals surface area contributed by atoms with Gasteiger partial charge in [0, 0.05) is 26.2 Å². The molecule has 3 aromatic rings. The number of hydrogen-bond donors (Lipinski definition) is 2. The first-order valence-electron chi connectivity index (χ1n) is 9.65. The van der Waals surface area contributed by atoms with Crippen molar-refractivity contribution in [3.05, 3.63) is 59.9 Å². The maximum absolute atomic E-state index is 13.2. The zero-order chi connectivity index (χ0) is 19.4. The van der Waals surface area contributed by atoms with E-state index in [1.807, 2.05) is 48.5 Å². The molecule has 0 spiro atoms.